The van der Waals surface area contributed by atoms with Gasteiger partial charge in [-0.25, -0.2) is 0 Å². The Balaban J connectivity index is 1.51. The summed E-state index contributed by atoms with van der Waals surface area (Å²) in [6.07, 6.45) is 1.59. The Labute approximate surface area is 177 Å². The Morgan fingerprint density at radius 3 is 2.57 bits per heavy atom. The first kappa shape index (κ1) is 20.4. The molecule has 0 unspecified atom stereocenters. The lowest BCUT2D eigenvalue weighted by Crippen LogP contribution is -2.51. The fourth-order valence-corrected chi connectivity index (χ4v) is 4.45. The zero-order valence-corrected chi connectivity index (χ0v) is 17.5. The van der Waals surface area contributed by atoms with Gasteiger partial charge in [0.1, 0.15) is 5.75 Å². The summed E-state index contributed by atoms with van der Waals surface area (Å²) in [6, 6.07) is 15.4. The van der Waals surface area contributed by atoms with Crippen LogP contribution in [0, 0.1) is 6.92 Å². The number of hydrogen-bond donors (Lipinski definition) is 1. The Morgan fingerprint density at radius 1 is 1.17 bits per heavy atom. The maximum absolute atomic E-state index is 13.5. The molecule has 2 aromatic rings. The Morgan fingerprint density at radius 2 is 1.90 bits per heavy atom. The number of carbonyl (C=O) groups is 2. The van der Waals surface area contributed by atoms with Gasteiger partial charge in [0.15, 0.2) is 0 Å². The van der Waals surface area contributed by atoms with Crippen LogP contribution in [0.5, 0.6) is 5.75 Å². The van der Waals surface area contributed by atoms with Gasteiger partial charge in [-0.3, -0.25) is 9.59 Å². The predicted octanol–water partition coefficient (Wildman–Crippen LogP) is 2.97. The standard InChI is InChI=1S/C24H28N2O4/c1-17-4-3-5-18(14-17)24(10-12-30-13-11-24)23(28)25-19-15-22(27)26(16-19)20-6-8-21(29-2)9-7-20/h3-9,14,19H,10-13,15-16H2,1-2H3,(H,25,28)/t19-/m0/s1. The van der Waals surface area contributed by atoms with Crippen molar-refractivity contribution in [2.24, 2.45) is 0 Å². The van der Waals surface area contributed by atoms with Gasteiger partial charge in [-0.15, -0.1) is 0 Å². The van der Waals surface area contributed by atoms with Crippen molar-refractivity contribution in [3.63, 3.8) is 0 Å². The average Bonchev–Trinajstić information content (AvgIpc) is 3.14. The highest BCUT2D eigenvalue weighted by atomic mass is 16.5. The third-order valence-electron chi connectivity index (χ3n) is 6.20. The predicted molar refractivity (Wildman–Crippen MR) is 115 cm³/mol. The summed E-state index contributed by atoms with van der Waals surface area (Å²) in [4.78, 5) is 27.9. The first-order valence-corrected chi connectivity index (χ1v) is 10.4. The molecule has 158 valence electrons. The van der Waals surface area contributed by atoms with Crippen LogP contribution in [-0.4, -0.2) is 44.7 Å². The van der Waals surface area contributed by atoms with Crippen LogP contribution in [0.25, 0.3) is 0 Å². The van der Waals surface area contributed by atoms with Gasteiger partial charge in [-0.1, -0.05) is 29.8 Å². The lowest BCUT2D eigenvalue weighted by molar-refractivity contribution is -0.131. The van der Waals surface area contributed by atoms with Crippen molar-refractivity contribution in [3.8, 4) is 5.75 Å². The van der Waals surface area contributed by atoms with E-state index in [9.17, 15) is 9.59 Å². The van der Waals surface area contributed by atoms with E-state index in [0.29, 0.717) is 39.0 Å². The number of nitrogens with one attached hydrogen (secondary N) is 1. The van der Waals surface area contributed by atoms with E-state index in [1.807, 2.05) is 49.4 Å². The summed E-state index contributed by atoms with van der Waals surface area (Å²) in [5.74, 6) is 0.752. The second-order valence-electron chi connectivity index (χ2n) is 8.14. The van der Waals surface area contributed by atoms with Gasteiger partial charge in [-0.2, -0.15) is 0 Å². The molecule has 2 heterocycles. The van der Waals surface area contributed by atoms with Gasteiger partial charge in [-0.05, 0) is 49.6 Å². The topological polar surface area (TPSA) is 67.9 Å². The van der Waals surface area contributed by atoms with E-state index in [1.165, 1.54) is 0 Å². The Bertz CT molecular complexity index is 919. The van der Waals surface area contributed by atoms with Crippen molar-refractivity contribution < 1.29 is 19.1 Å². The second kappa shape index (κ2) is 8.48. The van der Waals surface area contributed by atoms with Crippen LogP contribution < -0.4 is 15.0 Å². The summed E-state index contributed by atoms with van der Waals surface area (Å²) >= 11 is 0. The van der Waals surface area contributed by atoms with Crippen molar-refractivity contribution in [1.82, 2.24) is 5.32 Å². The molecule has 30 heavy (non-hydrogen) atoms. The second-order valence-corrected chi connectivity index (χ2v) is 8.14. The maximum Gasteiger partial charge on any atom is 0.231 e. The van der Waals surface area contributed by atoms with Crippen LogP contribution in [0.4, 0.5) is 5.69 Å². The van der Waals surface area contributed by atoms with Crippen LogP contribution in [0.15, 0.2) is 48.5 Å². The first-order chi connectivity index (χ1) is 14.5. The number of nitrogens with zero attached hydrogens (tertiary/aromatic N) is 1. The third-order valence-corrected chi connectivity index (χ3v) is 6.20. The molecular formula is C24H28N2O4. The largest absolute Gasteiger partial charge is 0.497 e. The van der Waals surface area contributed by atoms with Crippen LogP contribution in [0.2, 0.25) is 0 Å². The lowest BCUT2D eigenvalue weighted by atomic mass is 9.73. The number of carbonyl (C=O) groups excluding carboxylic acids is 2. The molecule has 4 rings (SSSR count). The number of benzene rings is 2. The molecule has 0 spiro atoms. The van der Waals surface area contributed by atoms with Gasteiger partial charge in [0.25, 0.3) is 0 Å². The zero-order chi connectivity index (χ0) is 21.1. The molecule has 0 aliphatic carbocycles. The number of amides is 2. The molecule has 1 atom stereocenters. The smallest absolute Gasteiger partial charge is 0.231 e. The minimum atomic E-state index is -0.610. The van der Waals surface area contributed by atoms with Gasteiger partial charge in [0.2, 0.25) is 11.8 Å². The number of methoxy groups -OCH3 is 1. The van der Waals surface area contributed by atoms with Crippen LogP contribution >= 0.6 is 0 Å². The molecule has 1 N–H and O–H groups in total. The van der Waals surface area contributed by atoms with E-state index in [1.54, 1.807) is 12.0 Å². The molecule has 2 saturated heterocycles. The molecule has 0 saturated carbocycles. The van der Waals surface area contributed by atoms with Gasteiger partial charge < -0.3 is 19.7 Å². The molecule has 2 aromatic carbocycles. The van der Waals surface area contributed by atoms with Crippen LogP contribution in [0.1, 0.15) is 30.4 Å². The summed E-state index contributed by atoms with van der Waals surface area (Å²) in [5.41, 5.74) is 2.37. The monoisotopic (exact) mass is 408 g/mol. The number of aryl methyl sites for hydroxylation is 1. The summed E-state index contributed by atoms with van der Waals surface area (Å²) in [5, 5.41) is 3.18. The molecule has 2 fully saturated rings. The van der Waals surface area contributed by atoms with Crippen molar-refractivity contribution in [1.29, 1.82) is 0 Å². The van der Waals surface area contributed by atoms with E-state index >= 15 is 0 Å². The van der Waals surface area contributed by atoms with Gasteiger partial charge in [0.05, 0.1) is 18.6 Å². The van der Waals surface area contributed by atoms with Crippen LogP contribution in [0.3, 0.4) is 0 Å². The van der Waals surface area contributed by atoms with E-state index in [-0.39, 0.29) is 17.9 Å². The quantitative estimate of drug-likeness (QED) is 0.826. The molecule has 2 aliphatic rings. The molecule has 0 aromatic heterocycles. The molecule has 6 heteroatoms. The van der Waals surface area contributed by atoms with Crippen molar-refractivity contribution >= 4 is 17.5 Å². The zero-order valence-electron chi connectivity index (χ0n) is 17.5. The van der Waals surface area contributed by atoms with Crippen molar-refractivity contribution in [2.45, 2.75) is 37.6 Å². The molecular weight excluding hydrogens is 380 g/mol. The normalized spacial score (nSPS) is 20.8. The van der Waals surface area contributed by atoms with Gasteiger partial charge >= 0.3 is 0 Å². The fourth-order valence-electron chi connectivity index (χ4n) is 4.45. The summed E-state index contributed by atoms with van der Waals surface area (Å²) < 4.78 is 10.7. The fraction of sp³-hybridized carbons (Fsp3) is 0.417. The molecule has 2 amide bonds. The van der Waals surface area contributed by atoms with E-state index in [4.69, 9.17) is 9.47 Å². The minimum absolute atomic E-state index is 0.00854. The lowest BCUT2D eigenvalue weighted by Gasteiger charge is -2.37. The van der Waals surface area contributed by atoms with Crippen molar-refractivity contribution in [2.75, 3.05) is 31.8 Å². The third kappa shape index (κ3) is 3.92. The summed E-state index contributed by atoms with van der Waals surface area (Å²) in [7, 11) is 1.61. The van der Waals surface area contributed by atoms with E-state index in [2.05, 4.69) is 11.4 Å². The molecule has 0 bridgehead atoms. The number of rotatable bonds is 5. The van der Waals surface area contributed by atoms with E-state index < -0.39 is 5.41 Å². The minimum Gasteiger partial charge on any atom is -0.497 e. The van der Waals surface area contributed by atoms with Crippen LogP contribution in [-0.2, 0) is 19.7 Å². The number of hydrogen-bond acceptors (Lipinski definition) is 4. The molecule has 0 radical (unpaired) electrons. The molecule has 2 aliphatic heterocycles. The van der Waals surface area contributed by atoms with Gasteiger partial charge in [0, 0.05) is 31.9 Å². The number of anilines is 1. The van der Waals surface area contributed by atoms with Crippen molar-refractivity contribution in [3.05, 3.63) is 59.7 Å². The van der Waals surface area contributed by atoms with E-state index in [0.717, 1.165) is 22.6 Å². The highest BCUT2D eigenvalue weighted by Gasteiger charge is 2.43. The maximum atomic E-state index is 13.5. The molecule has 6 nitrogen and oxygen atoms in total. The highest BCUT2D eigenvalue weighted by Crippen LogP contribution is 2.36. The first-order valence-electron chi connectivity index (χ1n) is 10.4. The Hall–Kier alpha value is -2.86. The average molecular weight is 408 g/mol. The SMILES string of the molecule is COc1ccc(N2C[C@@H](NC(=O)C3(c4cccc(C)c4)CCOCC3)CC2=O)cc1. The number of ether oxygens (including phenoxy) is 2. The Kier molecular flexibility index (Phi) is 5.77. The summed E-state index contributed by atoms with van der Waals surface area (Å²) in [6.45, 7) is 3.62. The highest BCUT2D eigenvalue weighted by molar-refractivity contribution is 5.97.